The zero-order valence-electron chi connectivity index (χ0n) is 18.1. The molecule has 0 aliphatic heterocycles. The van der Waals surface area contributed by atoms with Gasteiger partial charge in [-0.1, -0.05) is 48.0 Å². The third-order valence-corrected chi connectivity index (χ3v) is 5.73. The number of nitrogens with one attached hydrogen (secondary N) is 1. The van der Waals surface area contributed by atoms with Crippen LogP contribution in [-0.4, -0.2) is 24.9 Å². The summed E-state index contributed by atoms with van der Waals surface area (Å²) in [6.45, 7) is 0.456. The summed E-state index contributed by atoms with van der Waals surface area (Å²) in [5.41, 5.74) is 3.68. The average molecular weight is 469 g/mol. The van der Waals surface area contributed by atoms with Crippen molar-refractivity contribution in [2.24, 2.45) is 19.2 Å². The van der Waals surface area contributed by atoms with Crippen molar-refractivity contribution in [3.63, 3.8) is 0 Å². The van der Waals surface area contributed by atoms with Crippen LogP contribution in [0.1, 0.15) is 17.5 Å². The van der Waals surface area contributed by atoms with E-state index in [1.54, 1.807) is 17.7 Å². The molecule has 170 valence electrons. The summed E-state index contributed by atoms with van der Waals surface area (Å²) in [5, 5.41) is 4.30. The first-order valence-corrected chi connectivity index (χ1v) is 10.7. The molecule has 10 heteroatoms. The Morgan fingerprint density at radius 3 is 2.58 bits per heavy atom. The number of rotatable bonds is 7. The number of imidazole rings is 1. The lowest BCUT2D eigenvalue weighted by Gasteiger charge is -2.09. The number of hydrogen-bond donors (Lipinski definition) is 1. The molecule has 2 aromatic carbocycles. The quantitative estimate of drug-likeness (QED) is 0.333. The van der Waals surface area contributed by atoms with Gasteiger partial charge in [-0.25, -0.2) is 14.6 Å². The summed E-state index contributed by atoms with van der Waals surface area (Å²) < 4.78 is 18.1. The summed E-state index contributed by atoms with van der Waals surface area (Å²) in [4.78, 5) is 29.7. The molecule has 2 heterocycles. The Kier molecular flexibility index (Phi) is 6.41. The van der Waals surface area contributed by atoms with Gasteiger partial charge in [-0.3, -0.25) is 13.9 Å². The number of fused-ring (bicyclic) bond motifs is 1. The van der Waals surface area contributed by atoms with Gasteiger partial charge in [0.1, 0.15) is 5.82 Å². The van der Waals surface area contributed by atoms with Gasteiger partial charge in [0.25, 0.3) is 5.56 Å². The summed E-state index contributed by atoms with van der Waals surface area (Å²) in [7, 11) is 2.98. The molecule has 0 aliphatic carbocycles. The maximum absolute atomic E-state index is 14.0. The molecule has 0 amide bonds. The summed E-state index contributed by atoms with van der Waals surface area (Å²) >= 11 is 6.05. The number of aryl methyl sites for hydroxylation is 3. The van der Waals surface area contributed by atoms with Gasteiger partial charge in [0.05, 0.1) is 11.2 Å². The highest BCUT2D eigenvalue weighted by molar-refractivity contribution is 6.33. The summed E-state index contributed by atoms with van der Waals surface area (Å²) in [6.07, 6.45) is 2.77. The van der Waals surface area contributed by atoms with Gasteiger partial charge >= 0.3 is 5.69 Å². The van der Waals surface area contributed by atoms with Crippen LogP contribution in [0.3, 0.4) is 0 Å². The summed E-state index contributed by atoms with van der Waals surface area (Å²) in [5.74, 6) is -0.249. The molecule has 0 bridgehead atoms. The largest absolute Gasteiger partial charge is 0.332 e. The van der Waals surface area contributed by atoms with Crippen molar-refractivity contribution in [3.05, 3.63) is 91.3 Å². The fourth-order valence-electron chi connectivity index (χ4n) is 3.62. The lowest BCUT2D eigenvalue weighted by Crippen LogP contribution is -2.37. The number of anilines is 1. The molecular weight excluding hydrogens is 447 g/mol. The maximum atomic E-state index is 14.0. The highest BCUT2D eigenvalue weighted by atomic mass is 35.5. The maximum Gasteiger partial charge on any atom is 0.332 e. The Labute approximate surface area is 193 Å². The van der Waals surface area contributed by atoms with Crippen molar-refractivity contribution in [2.75, 3.05) is 5.43 Å². The minimum Gasteiger partial charge on any atom is -0.303 e. The number of benzene rings is 2. The van der Waals surface area contributed by atoms with Crippen LogP contribution in [0.5, 0.6) is 0 Å². The second-order valence-electron chi connectivity index (χ2n) is 7.56. The van der Waals surface area contributed by atoms with E-state index in [9.17, 15) is 14.0 Å². The molecule has 0 saturated heterocycles. The van der Waals surface area contributed by atoms with E-state index in [0.29, 0.717) is 6.54 Å². The molecule has 8 nitrogen and oxygen atoms in total. The van der Waals surface area contributed by atoms with Crippen LogP contribution in [0.4, 0.5) is 10.3 Å². The molecule has 4 rings (SSSR count). The van der Waals surface area contributed by atoms with Gasteiger partial charge in [0.15, 0.2) is 11.2 Å². The van der Waals surface area contributed by atoms with Crippen molar-refractivity contribution in [2.45, 2.75) is 19.4 Å². The van der Waals surface area contributed by atoms with Crippen LogP contribution >= 0.6 is 11.6 Å². The van der Waals surface area contributed by atoms with E-state index in [2.05, 4.69) is 15.5 Å². The topological polar surface area (TPSA) is 86.2 Å². The van der Waals surface area contributed by atoms with Crippen LogP contribution < -0.4 is 16.7 Å². The Morgan fingerprint density at radius 2 is 1.85 bits per heavy atom. The SMILES string of the molecule is Cn1c(=O)c2c(nc(NN=Cc3c(F)cccc3Cl)n2CCCc2ccccc2)n(C)c1=O. The number of nitrogens with zero attached hydrogens (tertiary/aromatic N) is 5. The van der Waals surface area contributed by atoms with Gasteiger partial charge in [0, 0.05) is 26.2 Å². The van der Waals surface area contributed by atoms with Crippen LogP contribution in [0.25, 0.3) is 11.2 Å². The zero-order chi connectivity index (χ0) is 23.5. The van der Waals surface area contributed by atoms with E-state index >= 15 is 0 Å². The number of halogens is 2. The number of hydrazone groups is 1. The summed E-state index contributed by atoms with van der Waals surface area (Å²) in [6, 6.07) is 14.3. The fraction of sp³-hybridized carbons (Fsp3) is 0.217. The van der Waals surface area contributed by atoms with Crippen molar-refractivity contribution in [1.82, 2.24) is 18.7 Å². The smallest absolute Gasteiger partial charge is 0.303 e. The highest BCUT2D eigenvalue weighted by Gasteiger charge is 2.19. The molecule has 1 N–H and O–H groups in total. The highest BCUT2D eigenvalue weighted by Crippen LogP contribution is 2.19. The van der Waals surface area contributed by atoms with Gasteiger partial charge < -0.3 is 4.57 Å². The van der Waals surface area contributed by atoms with E-state index in [4.69, 9.17) is 11.6 Å². The van der Waals surface area contributed by atoms with Crippen LogP contribution in [0.15, 0.2) is 63.2 Å². The molecule has 0 spiro atoms. The van der Waals surface area contributed by atoms with Gasteiger partial charge in [-0.15, -0.1) is 0 Å². The number of aromatic nitrogens is 4. The van der Waals surface area contributed by atoms with Crippen LogP contribution in [-0.2, 0) is 27.1 Å². The van der Waals surface area contributed by atoms with E-state index in [-0.39, 0.29) is 27.7 Å². The second-order valence-corrected chi connectivity index (χ2v) is 7.97. The van der Waals surface area contributed by atoms with Gasteiger partial charge in [0.2, 0.25) is 5.95 Å². The molecule has 0 aliphatic rings. The van der Waals surface area contributed by atoms with Crippen LogP contribution in [0.2, 0.25) is 5.02 Å². The fourth-order valence-corrected chi connectivity index (χ4v) is 3.84. The van der Waals surface area contributed by atoms with Crippen LogP contribution in [0, 0.1) is 5.82 Å². The average Bonchev–Trinajstić information content (AvgIpc) is 3.17. The molecule has 0 atom stereocenters. The first-order chi connectivity index (χ1) is 15.9. The second kappa shape index (κ2) is 9.41. The molecule has 0 radical (unpaired) electrons. The van der Waals surface area contributed by atoms with Crippen molar-refractivity contribution in [1.29, 1.82) is 0 Å². The molecule has 2 aromatic heterocycles. The third-order valence-electron chi connectivity index (χ3n) is 5.40. The van der Waals surface area contributed by atoms with Crippen molar-refractivity contribution >= 4 is 34.9 Å². The standard InChI is InChI=1S/C23H22ClFN6O2/c1-29-20-19(21(32)30(2)23(29)33)31(13-7-10-15-8-4-3-5-9-15)22(27-20)28-26-14-16-17(24)11-6-12-18(16)25/h3-6,8-9,11-12,14H,7,10,13H2,1-2H3,(H,27,28). The van der Waals surface area contributed by atoms with Gasteiger partial charge in [-0.05, 0) is 30.5 Å². The minimum absolute atomic E-state index is 0.127. The van der Waals surface area contributed by atoms with Crippen molar-refractivity contribution < 1.29 is 4.39 Å². The minimum atomic E-state index is -0.513. The van der Waals surface area contributed by atoms with Crippen molar-refractivity contribution in [3.8, 4) is 0 Å². The Balaban J connectivity index is 1.71. The lowest BCUT2D eigenvalue weighted by molar-refractivity contribution is 0.626. The Hall–Kier alpha value is -3.72. The normalized spacial score (nSPS) is 11.5. The Morgan fingerprint density at radius 1 is 1.09 bits per heavy atom. The lowest BCUT2D eigenvalue weighted by atomic mass is 10.1. The van der Waals surface area contributed by atoms with E-state index in [1.165, 1.54) is 35.5 Å². The van der Waals surface area contributed by atoms with E-state index in [0.717, 1.165) is 17.4 Å². The first kappa shape index (κ1) is 22.5. The molecule has 0 saturated carbocycles. The van der Waals surface area contributed by atoms with Gasteiger partial charge in [-0.2, -0.15) is 10.1 Å². The zero-order valence-corrected chi connectivity index (χ0v) is 18.9. The molecule has 0 unspecified atom stereocenters. The predicted molar refractivity (Wildman–Crippen MR) is 128 cm³/mol. The predicted octanol–water partition coefficient (Wildman–Crippen LogP) is 3.31. The van der Waals surface area contributed by atoms with E-state index < -0.39 is 17.1 Å². The molecule has 0 fully saturated rings. The third kappa shape index (κ3) is 4.45. The molecule has 33 heavy (non-hydrogen) atoms. The van der Waals surface area contributed by atoms with E-state index in [1.807, 2.05) is 30.3 Å². The number of hydrogen-bond acceptors (Lipinski definition) is 5. The monoisotopic (exact) mass is 468 g/mol. The first-order valence-electron chi connectivity index (χ1n) is 10.3. The molecule has 4 aromatic rings. The molecular formula is C23H22ClFN6O2. The Bertz CT molecular complexity index is 1440.